The molecule has 0 aliphatic rings. The maximum atomic E-state index is 12.6. The van der Waals surface area contributed by atoms with Gasteiger partial charge in [-0.05, 0) is 18.4 Å². The lowest BCUT2D eigenvalue weighted by atomic mass is 10.1. The van der Waals surface area contributed by atoms with Crippen molar-refractivity contribution < 1.29 is 23.8 Å². The number of methoxy groups -OCH3 is 3. The van der Waals surface area contributed by atoms with Gasteiger partial charge in [-0.15, -0.1) is 11.8 Å². The molecule has 7 nitrogen and oxygen atoms in total. The van der Waals surface area contributed by atoms with E-state index in [0.717, 1.165) is 0 Å². The van der Waals surface area contributed by atoms with E-state index in [0.29, 0.717) is 22.1 Å². The smallest absolute Gasteiger partial charge is 0.340 e. The second-order valence-corrected chi connectivity index (χ2v) is 5.55. The molecule has 1 amide bonds. The van der Waals surface area contributed by atoms with Gasteiger partial charge in [0.15, 0.2) is 11.5 Å². The van der Waals surface area contributed by atoms with Gasteiger partial charge in [-0.3, -0.25) is 4.79 Å². The van der Waals surface area contributed by atoms with E-state index >= 15 is 0 Å². The van der Waals surface area contributed by atoms with E-state index in [4.69, 9.17) is 14.2 Å². The average molecular weight is 362 g/mol. The first-order valence-electron chi connectivity index (χ1n) is 7.20. The summed E-state index contributed by atoms with van der Waals surface area (Å²) in [5.74, 6) is -0.267. The molecule has 0 spiro atoms. The number of hydrogen-bond acceptors (Lipinski definition) is 7. The van der Waals surface area contributed by atoms with Crippen molar-refractivity contribution in [2.75, 3.05) is 32.9 Å². The minimum atomic E-state index is -0.604. The summed E-state index contributed by atoms with van der Waals surface area (Å²) in [6, 6.07) is 6.30. The summed E-state index contributed by atoms with van der Waals surface area (Å²) in [6.07, 6.45) is 3.44. The molecular weight excluding hydrogens is 344 g/mol. The summed E-state index contributed by atoms with van der Waals surface area (Å²) < 4.78 is 15.2. The summed E-state index contributed by atoms with van der Waals surface area (Å²) >= 11 is 1.35. The topological polar surface area (TPSA) is 86.8 Å². The van der Waals surface area contributed by atoms with Crippen molar-refractivity contribution >= 4 is 29.3 Å². The highest BCUT2D eigenvalue weighted by Gasteiger charge is 2.20. The Kier molecular flexibility index (Phi) is 6.24. The van der Waals surface area contributed by atoms with Crippen molar-refractivity contribution in [2.45, 2.75) is 5.03 Å². The van der Waals surface area contributed by atoms with Crippen molar-refractivity contribution in [3.8, 4) is 11.5 Å². The highest BCUT2D eigenvalue weighted by Crippen LogP contribution is 2.34. The van der Waals surface area contributed by atoms with Gasteiger partial charge in [0.25, 0.3) is 5.91 Å². The monoisotopic (exact) mass is 362 g/mol. The van der Waals surface area contributed by atoms with Crippen LogP contribution in [0.25, 0.3) is 0 Å². The Hall–Kier alpha value is -2.74. The molecule has 0 saturated heterocycles. The number of benzene rings is 1. The van der Waals surface area contributed by atoms with Crippen molar-refractivity contribution in [1.82, 2.24) is 4.98 Å². The first kappa shape index (κ1) is 18.6. The van der Waals surface area contributed by atoms with Crippen LogP contribution in [0.15, 0.2) is 35.5 Å². The number of carbonyl (C=O) groups excluding carboxylic acids is 2. The fourth-order valence-corrected chi connectivity index (χ4v) is 2.72. The fourth-order valence-electron chi connectivity index (χ4n) is 2.18. The zero-order valence-electron chi connectivity index (χ0n) is 14.3. The predicted octanol–water partition coefficient (Wildman–Crippen LogP) is 2.86. The van der Waals surface area contributed by atoms with Crippen LogP contribution in [0.5, 0.6) is 11.5 Å². The molecule has 25 heavy (non-hydrogen) atoms. The van der Waals surface area contributed by atoms with Crippen molar-refractivity contribution in [2.24, 2.45) is 0 Å². The predicted molar refractivity (Wildman–Crippen MR) is 94.9 cm³/mol. The lowest BCUT2D eigenvalue weighted by Crippen LogP contribution is -2.17. The first-order valence-corrected chi connectivity index (χ1v) is 8.42. The number of amides is 1. The van der Waals surface area contributed by atoms with E-state index < -0.39 is 11.9 Å². The summed E-state index contributed by atoms with van der Waals surface area (Å²) in [7, 11) is 4.18. The minimum absolute atomic E-state index is 0.156. The van der Waals surface area contributed by atoms with Crippen LogP contribution in [-0.2, 0) is 4.74 Å². The molecule has 0 bridgehead atoms. The lowest BCUT2D eigenvalue weighted by molar-refractivity contribution is 0.0601. The Balaban J connectivity index is 2.46. The number of esters is 1. The normalized spacial score (nSPS) is 10.1. The Morgan fingerprint density at radius 3 is 2.36 bits per heavy atom. The van der Waals surface area contributed by atoms with Crippen molar-refractivity contribution in [1.29, 1.82) is 0 Å². The largest absolute Gasteiger partial charge is 0.493 e. The van der Waals surface area contributed by atoms with Crippen LogP contribution in [0.2, 0.25) is 0 Å². The minimum Gasteiger partial charge on any atom is -0.493 e. The molecule has 1 aromatic carbocycles. The van der Waals surface area contributed by atoms with E-state index in [1.165, 1.54) is 45.2 Å². The number of anilines is 1. The number of aromatic nitrogens is 1. The number of nitrogens with zero attached hydrogens (tertiary/aromatic N) is 1. The molecule has 0 aliphatic heterocycles. The van der Waals surface area contributed by atoms with E-state index in [1.807, 2.05) is 6.26 Å². The molecule has 0 saturated carbocycles. The third kappa shape index (κ3) is 4.03. The molecule has 0 aliphatic carbocycles. The molecule has 0 radical (unpaired) electrons. The lowest BCUT2D eigenvalue weighted by Gasteiger charge is -2.15. The van der Waals surface area contributed by atoms with Gasteiger partial charge >= 0.3 is 5.97 Å². The zero-order chi connectivity index (χ0) is 18.4. The molecule has 0 unspecified atom stereocenters. The van der Waals surface area contributed by atoms with Gasteiger partial charge in [-0.2, -0.15) is 0 Å². The Morgan fingerprint density at radius 2 is 1.76 bits per heavy atom. The second kappa shape index (κ2) is 8.39. The Bertz CT molecular complexity index is 795. The quantitative estimate of drug-likeness (QED) is 0.624. The van der Waals surface area contributed by atoms with Gasteiger partial charge in [0.2, 0.25) is 0 Å². The first-order chi connectivity index (χ1) is 12.0. The highest BCUT2D eigenvalue weighted by atomic mass is 32.2. The van der Waals surface area contributed by atoms with Gasteiger partial charge < -0.3 is 19.5 Å². The summed E-state index contributed by atoms with van der Waals surface area (Å²) in [5.41, 5.74) is 0.814. The van der Waals surface area contributed by atoms with Gasteiger partial charge in [-0.25, -0.2) is 9.78 Å². The van der Waals surface area contributed by atoms with Crippen LogP contribution in [0.4, 0.5) is 5.69 Å². The van der Waals surface area contributed by atoms with Crippen LogP contribution in [-0.4, -0.2) is 44.4 Å². The molecular formula is C17H18N2O5S. The average Bonchev–Trinajstić information content (AvgIpc) is 2.66. The molecule has 1 N–H and O–H groups in total. The number of nitrogens with one attached hydrogen (secondary N) is 1. The van der Waals surface area contributed by atoms with E-state index in [9.17, 15) is 9.59 Å². The molecule has 132 valence electrons. The van der Waals surface area contributed by atoms with E-state index in [1.54, 1.807) is 18.3 Å². The third-order valence-electron chi connectivity index (χ3n) is 3.39. The molecule has 2 aromatic rings. The second-order valence-electron chi connectivity index (χ2n) is 4.76. The van der Waals surface area contributed by atoms with Gasteiger partial charge in [-0.1, -0.05) is 0 Å². The van der Waals surface area contributed by atoms with Gasteiger partial charge in [0.1, 0.15) is 5.03 Å². The highest BCUT2D eigenvalue weighted by molar-refractivity contribution is 7.98. The fraction of sp³-hybridized carbons (Fsp3) is 0.235. The van der Waals surface area contributed by atoms with Crippen molar-refractivity contribution in [3.63, 3.8) is 0 Å². The Morgan fingerprint density at radius 1 is 1.08 bits per heavy atom. The molecule has 0 atom stereocenters. The van der Waals surface area contributed by atoms with Gasteiger partial charge in [0, 0.05) is 18.3 Å². The maximum Gasteiger partial charge on any atom is 0.340 e. The number of hydrogen-bond donors (Lipinski definition) is 1. The van der Waals surface area contributed by atoms with Crippen LogP contribution < -0.4 is 14.8 Å². The molecule has 0 fully saturated rings. The number of carbonyl (C=O) groups is 2. The molecule has 1 aromatic heterocycles. The number of thioether (sulfide) groups is 1. The molecule has 2 rings (SSSR count). The van der Waals surface area contributed by atoms with E-state index in [-0.39, 0.29) is 11.3 Å². The molecule has 8 heteroatoms. The van der Waals surface area contributed by atoms with Crippen LogP contribution >= 0.6 is 11.8 Å². The maximum absolute atomic E-state index is 12.6. The summed E-state index contributed by atoms with van der Waals surface area (Å²) in [4.78, 5) is 28.8. The standard InChI is InChI=1S/C17H18N2O5S/c1-22-13-8-11(17(21)24-3)12(9-14(13)23-2)19-15(20)10-6-5-7-18-16(10)25-4/h5-9H,1-4H3,(H,19,20). The number of pyridine rings is 1. The SMILES string of the molecule is COC(=O)c1cc(OC)c(OC)cc1NC(=O)c1cccnc1SC. The Labute approximate surface area is 149 Å². The zero-order valence-corrected chi connectivity index (χ0v) is 15.1. The molecule has 1 heterocycles. The van der Waals surface area contributed by atoms with Crippen LogP contribution in [0.1, 0.15) is 20.7 Å². The summed E-state index contributed by atoms with van der Waals surface area (Å²) in [6.45, 7) is 0. The van der Waals surface area contributed by atoms with Gasteiger partial charge in [0.05, 0.1) is 38.1 Å². The van der Waals surface area contributed by atoms with Crippen molar-refractivity contribution in [3.05, 3.63) is 41.6 Å². The third-order valence-corrected chi connectivity index (χ3v) is 4.10. The number of ether oxygens (including phenoxy) is 3. The van der Waals surface area contributed by atoms with E-state index in [2.05, 4.69) is 10.3 Å². The van der Waals surface area contributed by atoms with Crippen LogP contribution in [0, 0.1) is 0 Å². The number of rotatable bonds is 6. The summed E-state index contributed by atoms with van der Waals surface area (Å²) in [5, 5.41) is 3.30. The van der Waals surface area contributed by atoms with Crippen LogP contribution in [0.3, 0.4) is 0 Å².